The first-order valence-corrected chi connectivity index (χ1v) is 7.25. The Morgan fingerprint density at radius 1 is 1.32 bits per heavy atom. The molecule has 1 unspecified atom stereocenters. The van der Waals surface area contributed by atoms with Gasteiger partial charge in [0.2, 0.25) is 0 Å². The van der Waals surface area contributed by atoms with Gasteiger partial charge >= 0.3 is 0 Å². The van der Waals surface area contributed by atoms with Crippen molar-refractivity contribution < 1.29 is 8.94 Å². The van der Waals surface area contributed by atoms with Crippen LogP contribution < -0.4 is 5.32 Å². The third-order valence-corrected chi connectivity index (χ3v) is 3.67. The molecule has 0 amide bonds. The smallest absolute Gasteiger partial charge is 0.280 e. The summed E-state index contributed by atoms with van der Waals surface area (Å²) in [6, 6.07) is 7.63. The maximum Gasteiger partial charge on any atom is 0.280 e. The Morgan fingerprint density at radius 3 is 2.91 bits per heavy atom. The van der Waals surface area contributed by atoms with E-state index in [0.29, 0.717) is 34.6 Å². The van der Waals surface area contributed by atoms with Crippen LogP contribution in [0.3, 0.4) is 0 Å². The molecular weight excluding hydrogens is 304 g/mol. The number of nitrogens with zero attached hydrogens (tertiary/aromatic N) is 3. The van der Waals surface area contributed by atoms with Crippen LogP contribution in [0.1, 0.15) is 12.7 Å². The Morgan fingerprint density at radius 2 is 2.14 bits per heavy atom. The lowest BCUT2D eigenvalue weighted by Crippen LogP contribution is -2.24. The van der Waals surface area contributed by atoms with E-state index in [9.17, 15) is 0 Å². The molecule has 1 aromatic carbocycles. The maximum atomic E-state index is 6.21. The fourth-order valence-electron chi connectivity index (χ4n) is 2.04. The SMILES string of the molecule is CNC(C)Cc1noc(-c2ncoc2-c2ccccc2Cl)n1. The number of halogens is 1. The Balaban J connectivity index is 1.94. The molecule has 0 aliphatic heterocycles. The highest BCUT2D eigenvalue weighted by atomic mass is 35.5. The quantitative estimate of drug-likeness (QED) is 0.778. The normalized spacial score (nSPS) is 12.5. The van der Waals surface area contributed by atoms with Crippen LogP contribution in [0.5, 0.6) is 0 Å². The number of oxazole rings is 1. The maximum absolute atomic E-state index is 6.21. The van der Waals surface area contributed by atoms with Gasteiger partial charge in [-0.15, -0.1) is 0 Å². The van der Waals surface area contributed by atoms with Gasteiger partial charge in [-0.05, 0) is 26.1 Å². The minimum absolute atomic E-state index is 0.255. The molecule has 0 radical (unpaired) electrons. The Hall–Kier alpha value is -2.18. The monoisotopic (exact) mass is 318 g/mol. The molecule has 1 atom stereocenters. The molecule has 22 heavy (non-hydrogen) atoms. The zero-order valence-corrected chi connectivity index (χ0v) is 13.0. The average molecular weight is 319 g/mol. The second kappa shape index (κ2) is 6.29. The van der Waals surface area contributed by atoms with Gasteiger partial charge in [0, 0.05) is 18.0 Å². The molecule has 3 aromatic rings. The predicted molar refractivity (Wildman–Crippen MR) is 82.5 cm³/mol. The lowest BCUT2D eigenvalue weighted by molar-refractivity contribution is 0.417. The highest BCUT2D eigenvalue weighted by Gasteiger charge is 2.21. The van der Waals surface area contributed by atoms with Gasteiger partial charge in [-0.3, -0.25) is 0 Å². The summed E-state index contributed by atoms with van der Waals surface area (Å²) in [7, 11) is 1.89. The summed E-state index contributed by atoms with van der Waals surface area (Å²) in [6.45, 7) is 2.04. The fourth-order valence-corrected chi connectivity index (χ4v) is 2.27. The van der Waals surface area contributed by atoms with E-state index in [-0.39, 0.29) is 6.04 Å². The van der Waals surface area contributed by atoms with Crippen molar-refractivity contribution in [1.29, 1.82) is 0 Å². The zero-order valence-electron chi connectivity index (χ0n) is 12.2. The van der Waals surface area contributed by atoms with Crippen molar-refractivity contribution in [2.45, 2.75) is 19.4 Å². The van der Waals surface area contributed by atoms with Crippen LogP contribution in [0.15, 0.2) is 39.6 Å². The van der Waals surface area contributed by atoms with Gasteiger partial charge in [-0.2, -0.15) is 4.98 Å². The van der Waals surface area contributed by atoms with Crippen molar-refractivity contribution in [2.75, 3.05) is 7.05 Å². The summed E-state index contributed by atoms with van der Waals surface area (Å²) in [4.78, 5) is 8.55. The summed E-state index contributed by atoms with van der Waals surface area (Å²) < 4.78 is 10.8. The Bertz CT molecular complexity index is 768. The molecule has 6 nitrogen and oxygen atoms in total. The molecule has 2 aromatic heterocycles. The molecule has 1 N–H and O–H groups in total. The summed E-state index contributed by atoms with van der Waals surface area (Å²) in [5.74, 6) is 1.45. The van der Waals surface area contributed by atoms with E-state index in [0.717, 1.165) is 5.56 Å². The third-order valence-electron chi connectivity index (χ3n) is 3.34. The number of rotatable bonds is 5. The second-order valence-corrected chi connectivity index (χ2v) is 5.33. The third kappa shape index (κ3) is 2.88. The van der Waals surface area contributed by atoms with Crippen LogP contribution in [0.4, 0.5) is 0 Å². The first-order chi connectivity index (χ1) is 10.7. The molecule has 0 saturated carbocycles. The summed E-state index contributed by atoms with van der Waals surface area (Å²) in [5, 5.41) is 7.68. The van der Waals surface area contributed by atoms with E-state index in [1.165, 1.54) is 6.39 Å². The summed E-state index contributed by atoms with van der Waals surface area (Å²) in [5.41, 5.74) is 1.23. The molecule has 3 rings (SSSR count). The standard InChI is InChI=1S/C15H15ClN4O2/c1-9(17-2)7-12-19-15(22-20-12)13-14(21-8-18-13)10-5-3-4-6-11(10)16/h3-6,8-9,17H,7H2,1-2H3. The van der Waals surface area contributed by atoms with Crippen LogP contribution in [0.2, 0.25) is 5.02 Å². The van der Waals surface area contributed by atoms with Crippen molar-refractivity contribution >= 4 is 11.6 Å². The van der Waals surface area contributed by atoms with E-state index in [1.807, 2.05) is 32.2 Å². The Labute approximate surface area is 132 Å². The van der Waals surface area contributed by atoms with Gasteiger partial charge < -0.3 is 14.3 Å². The first kappa shape index (κ1) is 14.7. The number of likely N-dealkylation sites (N-methyl/N-ethyl adjacent to an activating group) is 1. The molecule has 0 saturated heterocycles. The van der Waals surface area contributed by atoms with Crippen molar-refractivity contribution in [3.05, 3.63) is 41.5 Å². The number of nitrogens with one attached hydrogen (secondary N) is 1. The highest BCUT2D eigenvalue weighted by molar-refractivity contribution is 6.33. The van der Waals surface area contributed by atoms with Gasteiger partial charge in [0.15, 0.2) is 23.7 Å². The van der Waals surface area contributed by atoms with Crippen molar-refractivity contribution in [2.24, 2.45) is 0 Å². The molecule has 0 bridgehead atoms. The number of aromatic nitrogens is 3. The fraction of sp³-hybridized carbons (Fsp3) is 0.267. The van der Waals surface area contributed by atoms with E-state index in [4.69, 9.17) is 20.5 Å². The van der Waals surface area contributed by atoms with Crippen LogP contribution in [-0.2, 0) is 6.42 Å². The first-order valence-electron chi connectivity index (χ1n) is 6.87. The minimum atomic E-state index is 0.255. The minimum Gasteiger partial charge on any atom is -0.443 e. The molecule has 0 fully saturated rings. The van der Waals surface area contributed by atoms with Crippen LogP contribution in [0, 0.1) is 0 Å². The number of benzene rings is 1. The zero-order chi connectivity index (χ0) is 15.5. The van der Waals surface area contributed by atoms with Crippen molar-refractivity contribution in [3.8, 4) is 22.9 Å². The molecule has 114 valence electrons. The van der Waals surface area contributed by atoms with Crippen LogP contribution >= 0.6 is 11.6 Å². The van der Waals surface area contributed by atoms with Crippen molar-refractivity contribution in [1.82, 2.24) is 20.4 Å². The van der Waals surface area contributed by atoms with E-state index < -0.39 is 0 Å². The summed E-state index contributed by atoms with van der Waals surface area (Å²) in [6.07, 6.45) is 2.01. The summed E-state index contributed by atoms with van der Waals surface area (Å²) >= 11 is 6.21. The average Bonchev–Trinajstić information content (AvgIpc) is 3.16. The Kier molecular flexibility index (Phi) is 4.22. The van der Waals surface area contributed by atoms with Crippen LogP contribution in [0.25, 0.3) is 22.9 Å². The largest absolute Gasteiger partial charge is 0.443 e. The topological polar surface area (TPSA) is 77.0 Å². The van der Waals surface area contributed by atoms with E-state index >= 15 is 0 Å². The van der Waals surface area contributed by atoms with Gasteiger partial charge in [0.25, 0.3) is 5.89 Å². The number of hydrogen-bond acceptors (Lipinski definition) is 6. The number of hydrogen-bond donors (Lipinski definition) is 1. The van der Waals surface area contributed by atoms with Gasteiger partial charge in [0.1, 0.15) is 0 Å². The second-order valence-electron chi connectivity index (χ2n) is 4.92. The van der Waals surface area contributed by atoms with Crippen LogP contribution in [-0.4, -0.2) is 28.2 Å². The molecule has 2 heterocycles. The molecule has 7 heteroatoms. The lowest BCUT2D eigenvalue weighted by atomic mass is 10.1. The van der Waals surface area contributed by atoms with E-state index in [2.05, 4.69) is 20.4 Å². The highest BCUT2D eigenvalue weighted by Crippen LogP contribution is 2.34. The van der Waals surface area contributed by atoms with Gasteiger partial charge in [-0.1, -0.05) is 28.9 Å². The lowest BCUT2D eigenvalue weighted by Gasteiger charge is -2.04. The van der Waals surface area contributed by atoms with Gasteiger partial charge in [0.05, 0.1) is 5.02 Å². The molecule has 0 spiro atoms. The molecule has 0 aliphatic rings. The predicted octanol–water partition coefficient (Wildman–Crippen LogP) is 3.20. The van der Waals surface area contributed by atoms with Crippen molar-refractivity contribution in [3.63, 3.8) is 0 Å². The molecule has 0 aliphatic carbocycles. The molecular formula is C15H15ClN4O2. The van der Waals surface area contributed by atoms with Gasteiger partial charge in [-0.25, -0.2) is 4.98 Å². The van der Waals surface area contributed by atoms with E-state index in [1.54, 1.807) is 6.07 Å².